The normalized spacial score (nSPS) is 17.7. The first-order valence-corrected chi connectivity index (χ1v) is 10.3. The van der Waals surface area contributed by atoms with E-state index in [9.17, 15) is 14.4 Å². The number of fused-ring (bicyclic) bond motifs is 1. The number of aromatic nitrogens is 2. The zero-order chi connectivity index (χ0) is 19.9. The van der Waals surface area contributed by atoms with Gasteiger partial charge in [0.2, 0.25) is 5.91 Å². The number of rotatable bonds is 8. The van der Waals surface area contributed by atoms with E-state index in [4.69, 9.17) is 0 Å². The molecule has 7 heteroatoms. The zero-order valence-electron chi connectivity index (χ0n) is 16.6. The van der Waals surface area contributed by atoms with Crippen LogP contribution in [0.5, 0.6) is 0 Å². The molecule has 1 aromatic heterocycles. The molecule has 1 amide bonds. The lowest BCUT2D eigenvalue weighted by Gasteiger charge is -2.33. The highest BCUT2D eigenvalue weighted by Crippen LogP contribution is 2.16. The summed E-state index contributed by atoms with van der Waals surface area (Å²) in [7, 11) is 0. The molecule has 1 saturated heterocycles. The standard InChI is InChI=1S/C21H30N4O3/c1-16-8-4-6-13-24(16)14-7-5-12-22-19(26)11-15-25-18-10-3-2-9-17(18)20(27)23-21(25)28/h2-3,9-10,16H,4-8,11-15H2,1H3,(H,22,26)(H,23,27,28). The summed E-state index contributed by atoms with van der Waals surface area (Å²) in [6, 6.07) is 7.61. The summed E-state index contributed by atoms with van der Waals surface area (Å²) in [5.74, 6) is -0.0754. The quantitative estimate of drug-likeness (QED) is 0.678. The molecule has 152 valence electrons. The molecule has 0 saturated carbocycles. The largest absolute Gasteiger partial charge is 0.356 e. The Kier molecular flexibility index (Phi) is 7.03. The predicted molar refractivity (Wildman–Crippen MR) is 111 cm³/mol. The molecular formula is C21H30N4O3. The highest BCUT2D eigenvalue weighted by atomic mass is 16.2. The van der Waals surface area contributed by atoms with Crippen LogP contribution >= 0.6 is 0 Å². The van der Waals surface area contributed by atoms with Gasteiger partial charge in [0.05, 0.1) is 10.9 Å². The fraction of sp³-hybridized carbons (Fsp3) is 0.571. The third kappa shape index (κ3) is 5.10. The number of aromatic amines is 1. The van der Waals surface area contributed by atoms with Gasteiger partial charge in [-0.15, -0.1) is 0 Å². The maximum Gasteiger partial charge on any atom is 0.328 e. The average molecular weight is 386 g/mol. The second-order valence-corrected chi connectivity index (χ2v) is 7.62. The van der Waals surface area contributed by atoms with E-state index in [2.05, 4.69) is 22.1 Å². The van der Waals surface area contributed by atoms with Crippen LogP contribution in [0.25, 0.3) is 10.9 Å². The fourth-order valence-electron chi connectivity index (χ4n) is 3.92. The van der Waals surface area contributed by atoms with E-state index < -0.39 is 11.2 Å². The fourth-order valence-corrected chi connectivity index (χ4v) is 3.92. The van der Waals surface area contributed by atoms with Crippen LogP contribution < -0.4 is 16.6 Å². The Morgan fingerprint density at radius 3 is 2.82 bits per heavy atom. The summed E-state index contributed by atoms with van der Waals surface area (Å²) in [6.07, 6.45) is 6.15. The highest BCUT2D eigenvalue weighted by molar-refractivity contribution is 5.78. The van der Waals surface area contributed by atoms with Crippen molar-refractivity contribution < 1.29 is 4.79 Å². The van der Waals surface area contributed by atoms with E-state index in [-0.39, 0.29) is 18.9 Å². The molecule has 1 aromatic carbocycles. The Morgan fingerprint density at radius 2 is 2.00 bits per heavy atom. The molecule has 0 spiro atoms. The first kappa shape index (κ1) is 20.3. The van der Waals surface area contributed by atoms with Gasteiger partial charge in [-0.2, -0.15) is 0 Å². The number of hydrogen-bond acceptors (Lipinski definition) is 4. The van der Waals surface area contributed by atoms with Crippen LogP contribution in [0.3, 0.4) is 0 Å². The van der Waals surface area contributed by atoms with E-state index in [1.54, 1.807) is 24.3 Å². The molecule has 0 bridgehead atoms. The first-order chi connectivity index (χ1) is 13.6. The molecule has 1 unspecified atom stereocenters. The number of nitrogens with one attached hydrogen (secondary N) is 2. The van der Waals surface area contributed by atoms with Crippen molar-refractivity contribution in [3.63, 3.8) is 0 Å². The number of para-hydroxylation sites is 1. The highest BCUT2D eigenvalue weighted by Gasteiger charge is 2.17. The molecule has 7 nitrogen and oxygen atoms in total. The van der Waals surface area contributed by atoms with Crippen molar-refractivity contribution in [2.75, 3.05) is 19.6 Å². The third-order valence-corrected chi connectivity index (χ3v) is 5.60. The van der Waals surface area contributed by atoms with Crippen molar-refractivity contribution >= 4 is 16.8 Å². The Labute approximate surface area is 164 Å². The number of unbranched alkanes of at least 4 members (excludes halogenated alkanes) is 1. The van der Waals surface area contributed by atoms with E-state index >= 15 is 0 Å². The monoisotopic (exact) mass is 386 g/mol. The van der Waals surface area contributed by atoms with E-state index in [0.717, 1.165) is 19.4 Å². The molecule has 1 atom stereocenters. The van der Waals surface area contributed by atoms with Crippen LogP contribution in [0.15, 0.2) is 33.9 Å². The maximum absolute atomic E-state index is 12.1. The molecule has 3 rings (SSSR count). The minimum Gasteiger partial charge on any atom is -0.356 e. The summed E-state index contributed by atoms with van der Waals surface area (Å²) in [5.41, 5.74) is -0.323. The van der Waals surface area contributed by atoms with Crippen molar-refractivity contribution in [3.05, 3.63) is 45.1 Å². The van der Waals surface area contributed by atoms with Crippen LogP contribution in [0, 0.1) is 0 Å². The van der Waals surface area contributed by atoms with Gasteiger partial charge in [0.25, 0.3) is 5.56 Å². The minimum atomic E-state index is -0.479. The van der Waals surface area contributed by atoms with Crippen molar-refractivity contribution in [1.82, 2.24) is 19.8 Å². The van der Waals surface area contributed by atoms with Gasteiger partial charge in [-0.25, -0.2) is 4.79 Å². The molecule has 1 fully saturated rings. The Bertz CT molecular complexity index is 918. The molecule has 1 aliphatic rings. The van der Waals surface area contributed by atoms with Gasteiger partial charge in [0, 0.05) is 25.6 Å². The Hall–Kier alpha value is -2.41. The van der Waals surface area contributed by atoms with Crippen molar-refractivity contribution in [2.45, 2.75) is 58.0 Å². The topological polar surface area (TPSA) is 87.2 Å². The van der Waals surface area contributed by atoms with Crippen LogP contribution in [0.1, 0.15) is 45.4 Å². The number of aryl methyl sites for hydroxylation is 1. The van der Waals surface area contributed by atoms with Crippen molar-refractivity contribution in [2.24, 2.45) is 0 Å². The van der Waals surface area contributed by atoms with Gasteiger partial charge in [-0.05, 0) is 57.8 Å². The summed E-state index contributed by atoms with van der Waals surface area (Å²) in [6.45, 7) is 5.48. The van der Waals surface area contributed by atoms with Gasteiger partial charge in [-0.1, -0.05) is 18.6 Å². The summed E-state index contributed by atoms with van der Waals surface area (Å²) in [5, 5.41) is 3.39. The number of nitrogens with zero attached hydrogens (tertiary/aromatic N) is 2. The lowest BCUT2D eigenvalue weighted by molar-refractivity contribution is -0.121. The molecule has 0 aliphatic carbocycles. The summed E-state index contributed by atoms with van der Waals surface area (Å²) >= 11 is 0. The second-order valence-electron chi connectivity index (χ2n) is 7.62. The molecule has 0 radical (unpaired) electrons. The molecule has 2 aromatic rings. The average Bonchev–Trinajstić information content (AvgIpc) is 2.69. The number of likely N-dealkylation sites (tertiary alicyclic amines) is 1. The molecule has 2 N–H and O–H groups in total. The van der Waals surface area contributed by atoms with Gasteiger partial charge in [0.1, 0.15) is 0 Å². The SMILES string of the molecule is CC1CCCCN1CCCCNC(=O)CCn1c(=O)[nH]c(=O)c2ccccc21. The van der Waals surface area contributed by atoms with Crippen molar-refractivity contribution in [1.29, 1.82) is 0 Å². The summed E-state index contributed by atoms with van der Waals surface area (Å²) < 4.78 is 1.45. The van der Waals surface area contributed by atoms with Crippen LogP contribution in [0.4, 0.5) is 0 Å². The van der Waals surface area contributed by atoms with Gasteiger partial charge >= 0.3 is 5.69 Å². The minimum absolute atomic E-state index is 0.0754. The van der Waals surface area contributed by atoms with Gasteiger partial charge in [0.15, 0.2) is 0 Å². The third-order valence-electron chi connectivity index (χ3n) is 5.60. The lowest BCUT2D eigenvalue weighted by atomic mass is 10.0. The molecule has 28 heavy (non-hydrogen) atoms. The first-order valence-electron chi connectivity index (χ1n) is 10.3. The van der Waals surface area contributed by atoms with Crippen molar-refractivity contribution in [3.8, 4) is 0 Å². The Morgan fingerprint density at radius 1 is 1.18 bits per heavy atom. The van der Waals surface area contributed by atoms with Crippen LogP contribution in [-0.2, 0) is 11.3 Å². The maximum atomic E-state index is 12.1. The smallest absolute Gasteiger partial charge is 0.328 e. The number of benzene rings is 1. The second kappa shape index (κ2) is 9.68. The number of amides is 1. The number of piperidine rings is 1. The number of carbonyl (C=O) groups is 1. The molecule has 1 aliphatic heterocycles. The van der Waals surface area contributed by atoms with E-state index in [0.29, 0.717) is 23.5 Å². The van der Waals surface area contributed by atoms with Crippen LogP contribution in [0.2, 0.25) is 0 Å². The summed E-state index contributed by atoms with van der Waals surface area (Å²) in [4.78, 5) is 41.0. The lowest BCUT2D eigenvalue weighted by Crippen LogP contribution is -2.38. The number of carbonyl (C=O) groups excluding carboxylic acids is 1. The van der Waals surface area contributed by atoms with Crippen LogP contribution in [-0.4, -0.2) is 46.0 Å². The number of hydrogen-bond donors (Lipinski definition) is 2. The predicted octanol–water partition coefficient (Wildman–Crippen LogP) is 1.85. The van der Waals surface area contributed by atoms with E-state index in [1.165, 1.54) is 30.4 Å². The molecular weight excluding hydrogens is 356 g/mol. The Balaban J connectivity index is 1.43. The van der Waals surface area contributed by atoms with Gasteiger partial charge < -0.3 is 10.2 Å². The molecule has 2 heterocycles. The van der Waals surface area contributed by atoms with E-state index in [1.807, 2.05) is 0 Å². The zero-order valence-corrected chi connectivity index (χ0v) is 16.6. The van der Waals surface area contributed by atoms with Gasteiger partial charge in [-0.3, -0.25) is 19.1 Å². The number of H-pyrrole nitrogens is 1.